The summed E-state index contributed by atoms with van der Waals surface area (Å²) in [5, 5.41) is 9.28. The summed E-state index contributed by atoms with van der Waals surface area (Å²) in [7, 11) is 0. The molecule has 7 nitrogen and oxygen atoms in total. The lowest BCUT2D eigenvalue weighted by Gasteiger charge is -2.12. The van der Waals surface area contributed by atoms with Crippen LogP contribution in [0.4, 0.5) is 0 Å². The van der Waals surface area contributed by atoms with E-state index in [1.807, 2.05) is 30.3 Å². The van der Waals surface area contributed by atoms with Gasteiger partial charge in [-0.05, 0) is 23.7 Å². The predicted molar refractivity (Wildman–Crippen MR) is 112 cm³/mol. The van der Waals surface area contributed by atoms with E-state index >= 15 is 0 Å². The van der Waals surface area contributed by atoms with E-state index in [-0.39, 0.29) is 5.56 Å². The number of fused-ring (bicyclic) bond motifs is 1. The van der Waals surface area contributed by atoms with Gasteiger partial charge in [0.25, 0.3) is 5.56 Å². The largest absolute Gasteiger partial charge is 0.285 e. The van der Waals surface area contributed by atoms with Crippen molar-refractivity contribution in [2.75, 3.05) is 5.75 Å². The Balaban J connectivity index is 1.86. The highest BCUT2D eigenvalue weighted by atomic mass is 32.2. The van der Waals surface area contributed by atoms with Crippen LogP contribution in [0, 0.1) is 0 Å². The van der Waals surface area contributed by atoms with Gasteiger partial charge in [-0.3, -0.25) is 9.36 Å². The van der Waals surface area contributed by atoms with Crippen LogP contribution >= 0.6 is 34.9 Å². The number of nitrogens with zero attached hydrogens (tertiary/aromatic N) is 6. The van der Waals surface area contributed by atoms with Gasteiger partial charge in [0.2, 0.25) is 0 Å². The Morgan fingerprint density at radius 2 is 2.04 bits per heavy atom. The smallest absolute Gasteiger partial charge is 0.270 e. The lowest BCUT2D eigenvalue weighted by Crippen LogP contribution is -2.22. The standard InChI is InChI=1S/C18H16N6OS3/c1-2-8-26-17-21-15-14(16(22-17)28-18-23-20-11-27-18)19-9-13(25)24(15)10-12-6-4-3-5-7-12/h3-7,9,11H,2,8,10H2,1H3. The van der Waals surface area contributed by atoms with Gasteiger partial charge < -0.3 is 0 Å². The average molecular weight is 429 g/mol. The first-order valence-corrected chi connectivity index (χ1v) is 11.3. The molecule has 0 aliphatic heterocycles. The number of hydrogen-bond donors (Lipinski definition) is 0. The first-order valence-electron chi connectivity index (χ1n) is 8.63. The van der Waals surface area contributed by atoms with Gasteiger partial charge in [-0.2, -0.15) is 0 Å². The van der Waals surface area contributed by atoms with Crippen LogP contribution in [0.3, 0.4) is 0 Å². The Bertz CT molecular complexity index is 1130. The van der Waals surface area contributed by atoms with E-state index in [1.54, 1.807) is 21.8 Å². The molecular formula is C18H16N6OS3. The lowest BCUT2D eigenvalue weighted by atomic mass is 10.2. The van der Waals surface area contributed by atoms with E-state index in [0.717, 1.165) is 22.1 Å². The maximum atomic E-state index is 12.6. The van der Waals surface area contributed by atoms with Crippen molar-refractivity contribution in [3.63, 3.8) is 0 Å². The summed E-state index contributed by atoms with van der Waals surface area (Å²) in [5.74, 6) is 0.900. The SMILES string of the molecule is CCCSc1nc(Sc2nncs2)c2ncc(=O)n(Cc3ccccc3)c2n1. The van der Waals surface area contributed by atoms with Crippen LogP contribution in [-0.4, -0.2) is 35.5 Å². The third kappa shape index (κ3) is 4.23. The van der Waals surface area contributed by atoms with E-state index in [1.165, 1.54) is 29.3 Å². The zero-order valence-corrected chi connectivity index (χ0v) is 17.4. The van der Waals surface area contributed by atoms with Crippen molar-refractivity contribution in [2.24, 2.45) is 0 Å². The molecular weight excluding hydrogens is 412 g/mol. The van der Waals surface area contributed by atoms with Gasteiger partial charge in [-0.15, -0.1) is 10.2 Å². The van der Waals surface area contributed by atoms with E-state index in [2.05, 4.69) is 32.1 Å². The molecule has 0 saturated carbocycles. The van der Waals surface area contributed by atoms with Crippen LogP contribution in [0.1, 0.15) is 18.9 Å². The molecule has 28 heavy (non-hydrogen) atoms. The second-order valence-corrected chi connectivity index (χ2v) is 8.94. The maximum absolute atomic E-state index is 12.6. The summed E-state index contributed by atoms with van der Waals surface area (Å²) < 4.78 is 2.42. The molecule has 0 spiro atoms. The number of hydrogen-bond acceptors (Lipinski definition) is 9. The molecule has 0 N–H and O–H groups in total. The number of thioether (sulfide) groups is 1. The molecule has 0 bridgehead atoms. The molecule has 0 amide bonds. The average Bonchev–Trinajstić information content (AvgIpc) is 3.22. The van der Waals surface area contributed by atoms with Gasteiger partial charge >= 0.3 is 0 Å². The number of aromatic nitrogens is 6. The van der Waals surface area contributed by atoms with E-state index < -0.39 is 0 Å². The molecule has 0 aliphatic rings. The molecule has 4 rings (SSSR count). The van der Waals surface area contributed by atoms with Crippen molar-refractivity contribution in [1.29, 1.82) is 0 Å². The fourth-order valence-electron chi connectivity index (χ4n) is 2.54. The highest BCUT2D eigenvalue weighted by Gasteiger charge is 2.16. The highest BCUT2D eigenvalue weighted by Crippen LogP contribution is 2.32. The fraction of sp³-hybridized carbons (Fsp3) is 0.222. The van der Waals surface area contributed by atoms with Crippen LogP contribution < -0.4 is 5.56 Å². The third-order valence-corrected chi connectivity index (χ3v) is 6.59. The van der Waals surface area contributed by atoms with E-state index in [0.29, 0.717) is 27.9 Å². The van der Waals surface area contributed by atoms with Gasteiger partial charge in [0, 0.05) is 5.75 Å². The fourth-order valence-corrected chi connectivity index (χ4v) is 4.75. The number of rotatable bonds is 7. The number of benzene rings is 1. The molecule has 0 aliphatic carbocycles. The van der Waals surface area contributed by atoms with Crippen LogP contribution in [-0.2, 0) is 6.54 Å². The van der Waals surface area contributed by atoms with Crippen molar-refractivity contribution < 1.29 is 0 Å². The maximum Gasteiger partial charge on any atom is 0.270 e. The van der Waals surface area contributed by atoms with E-state index in [9.17, 15) is 4.79 Å². The minimum Gasteiger partial charge on any atom is -0.285 e. The Hall–Kier alpha value is -2.30. The Morgan fingerprint density at radius 3 is 2.79 bits per heavy atom. The van der Waals surface area contributed by atoms with Crippen LogP contribution in [0.25, 0.3) is 11.2 Å². The van der Waals surface area contributed by atoms with Crippen molar-refractivity contribution in [1.82, 2.24) is 29.7 Å². The van der Waals surface area contributed by atoms with Gasteiger partial charge in [-0.25, -0.2) is 15.0 Å². The summed E-state index contributed by atoms with van der Waals surface area (Å²) >= 11 is 4.40. The monoisotopic (exact) mass is 428 g/mol. The second kappa shape index (κ2) is 8.80. The quantitative estimate of drug-likeness (QED) is 0.250. The normalized spacial score (nSPS) is 11.2. The van der Waals surface area contributed by atoms with Crippen molar-refractivity contribution in [3.8, 4) is 0 Å². The minimum atomic E-state index is -0.187. The summed E-state index contributed by atoms with van der Waals surface area (Å²) in [6, 6.07) is 9.85. The molecule has 4 aromatic rings. The molecule has 142 valence electrons. The molecule has 0 unspecified atom stereocenters. The molecule has 1 aromatic carbocycles. The molecule has 10 heteroatoms. The first-order chi connectivity index (χ1) is 13.7. The van der Waals surface area contributed by atoms with Crippen LogP contribution in [0.5, 0.6) is 0 Å². The second-order valence-electron chi connectivity index (χ2n) is 5.81. The molecule has 0 saturated heterocycles. The zero-order valence-electron chi connectivity index (χ0n) is 15.0. The Kier molecular flexibility index (Phi) is 5.98. The highest BCUT2D eigenvalue weighted by molar-refractivity contribution is 8.01. The van der Waals surface area contributed by atoms with Gasteiger partial charge in [0.05, 0.1) is 12.7 Å². The molecule has 0 fully saturated rings. The van der Waals surface area contributed by atoms with Gasteiger partial charge in [0.1, 0.15) is 16.1 Å². The zero-order chi connectivity index (χ0) is 19.3. The van der Waals surface area contributed by atoms with Crippen molar-refractivity contribution in [2.45, 2.75) is 34.4 Å². The minimum absolute atomic E-state index is 0.187. The van der Waals surface area contributed by atoms with Crippen LogP contribution in [0.2, 0.25) is 0 Å². The lowest BCUT2D eigenvalue weighted by molar-refractivity contribution is 0.754. The summed E-state index contributed by atoms with van der Waals surface area (Å²) in [6.45, 7) is 2.54. The topological polar surface area (TPSA) is 86.5 Å². The Morgan fingerprint density at radius 1 is 1.18 bits per heavy atom. The molecule has 0 radical (unpaired) electrons. The predicted octanol–water partition coefficient (Wildman–Crippen LogP) is 3.74. The third-order valence-electron chi connectivity index (χ3n) is 3.78. The van der Waals surface area contributed by atoms with Crippen LogP contribution in [0.15, 0.2) is 61.4 Å². The van der Waals surface area contributed by atoms with E-state index in [4.69, 9.17) is 0 Å². The first kappa shape index (κ1) is 19.0. The summed E-state index contributed by atoms with van der Waals surface area (Å²) in [5.41, 5.74) is 3.65. The van der Waals surface area contributed by atoms with Crippen molar-refractivity contribution >= 4 is 46.0 Å². The van der Waals surface area contributed by atoms with Crippen molar-refractivity contribution in [3.05, 3.63) is 58.0 Å². The summed E-state index contributed by atoms with van der Waals surface area (Å²) in [4.78, 5) is 26.3. The molecule has 0 atom stereocenters. The summed E-state index contributed by atoms with van der Waals surface area (Å²) in [6.07, 6.45) is 2.34. The molecule has 3 heterocycles. The Labute approximate surface area is 173 Å². The molecule has 3 aromatic heterocycles. The van der Waals surface area contributed by atoms with Gasteiger partial charge in [0.15, 0.2) is 15.1 Å². The van der Waals surface area contributed by atoms with Gasteiger partial charge in [-0.1, -0.05) is 60.4 Å².